The Bertz CT molecular complexity index is 654. The van der Waals surface area contributed by atoms with Gasteiger partial charge in [0.15, 0.2) is 0 Å². The zero-order chi connectivity index (χ0) is 16.7. The lowest BCUT2D eigenvalue weighted by atomic mass is 9.96. The Morgan fingerprint density at radius 1 is 1.25 bits per heavy atom. The van der Waals surface area contributed by atoms with Crippen molar-refractivity contribution in [2.24, 2.45) is 5.92 Å². The molecule has 6 nitrogen and oxygen atoms in total. The summed E-state index contributed by atoms with van der Waals surface area (Å²) in [6.07, 6.45) is 2.52. The van der Waals surface area contributed by atoms with Crippen LogP contribution >= 0.6 is 0 Å². The molecule has 0 aromatic heterocycles. The molecular weight excluding hydrogens is 304 g/mol. The maximum atomic E-state index is 12.5. The predicted octanol–water partition coefficient (Wildman–Crippen LogP) is 1.04. The summed E-state index contributed by atoms with van der Waals surface area (Å²) >= 11 is 0. The second-order valence-electron chi connectivity index (χ2n) is 7.19. The Balaban J connectivity index is 1.43. The summed E-state index contributed by atoms with van der Waals surface area (Å²) in [4.78, 5) is 29.3. The van der Waals surface area contributed by atoms with E-state index in [4.69, 9.17) is 0 Å². The van der Waals surface area contributed by atoms with Gasteiger partial charge in [-0.1, -0.05) is 12.1 Å². The molecule has 0 saturated carbocycles. The average Bonchev–Trinajstić information content (AvgIpc) is 3.00. The molecule has 1 aromatic carbocycles. The topological polar surface area (TPSA) is 64.7 Å². The van der Waals surface area contributed by atoms with Gasteiger partial charge in [-0.3, -0.25) is 9.59 Å². The monoisotopic (exact) mass is 328 g/mol. The largest absolute Gasteiger partial charge is 0.356 e. The zero-order valence-corrected chi connectivity index (χ0v) is 14.0. The summed E-state index contributed by atoms with van der Waals surface area (Å²) in [6, 6.07) is 7.73. The Kier molecular flexibility index (Phi) is 3.92. The van der Waals surface area contributed by atoms with Crippen molar-refractivity contribution >= 4 is 23.2 Å². The van der Waals surface area contributed by atoms with Gasteiger partial charge >= 0.3 is 0 Å². The van der Waals surface area contributed by atoms with E-state index in [0.717, 1.165) is 37.3 Å². The number of para-hydroxylation sites is 2. The third-order valence-corrected chi connectivity index (χ3v) is 5.51. The highest BCUT2D eigenvalue weighted by molar-refractivity contribution is 6.04. The van der Waals surface area contributed by atoms with Crippen LogP contribution in [-0.2, 0) is 9.59 Å². The molecule has 3 heterocycles. The minimum atomic E-state index is -0.178. The molecule has 0 radical (unpaired) electrons. The van der Waals surface area contributed by atoms with Gasteiger partial charge in [0.1, 0.15) is 6.04 Å². The second kappa shape index (κ2) is 6.09. The highest BCUT2D eigenvalue weighted by atomic mass is 16.2. The van der Waals surface area contributed by atoms with E-state index < -0.39 is 0 Å². The van der Waals surface area contributed by atoms with Gasteiger partial charge in [-0.2, -0.15) is 0 Å². The van der Waals surface area contributed by atoms with E-state index in [1.165, 1.54) is 0 Å². The fourth-order valence-electron chi connectivity index (χ4n) is 4.09. The third kappa shape index (κ3) is 2.75. The van der Waals surface area contributed by atoms with E-state index in [2.05, 4.69) is 27.5 Å². The van der Waals surface area contributed by atoms with Gasteiger partial charge < -0.3 is 20.4 Å². The molecule has 24 heavy (non-hydrogen) atoms. The molecule has 0 aliphatic carbocycles. The molecule has 2 amide bonds. The Morgan fingerprint density at radius 3 is 2.79 bits per heavy atom. The van der Waals surface area contributed by atoms with Crippen molar-refractivity contribution in [3.63, 3.8) is 0 Å². The summed E-state index contributed by atoms with van der Waals surface area (Å²) in [7, 11) is 2.10. The number of likely N-dealkylation sites (tertiary alicyclic amines) is 1. The lowest BCUT2D eigenvalue weighted by molar-refractivity contribution is -0.127. The standard InChI is InChI=1S/C18H24N4O2/c1-21-8-6-12(7-9-21)17(23)19-13-10-16-18(24)20-14-4-2-3-5-15(14)22(16)11-13/h2-5,12-13,16H,6-11H2,1H3,(H,19,23)(H,20,24). The molecule has 128 valence electrons. The van der Waals surface area contributed by atoms with Crippen molar-refractivity contribution in [1.29, 1.82) is 0 Å². The molecule has 2 atom stereocenters. The van der Waals surface area contributed by atoms with Gasteiger partial charge in [0, 0.05) is 18.5 Å². The van der Waals surface area contributed by atoms with Crippen LogP contribution in [0.15, 0.2) is 24.3 Å². The summed E-state index contributed by atoms with van der Waals surface area (Å²) in [5, 5.41) is 6.17. The summed E-state index contributed by atoms with van der Waals surface area (Å²) in [5.41, 5.74) is 1.92. The number of rotatable bonds is 2. The lowest BCUT2D eigenvalue weighted by Gasteiger charge is -2.32. The number of hydrogen-bond donors (Lipinski definition) is 2. The number of carbonyl (C=O) groups is 2. The number of carbonyl (C=O) groups excluding carboxylic acids is 2. The van der Waals surface area contributed by atoms with Gasteiger partial charge in [-0.15, -0.1) is 0 Å². The van der Waals surface area contributed by atoms with Crippen LogP contribution < -0.4 is 15.5 Å². The number of fused-ring (bicyclic) bond motifs is 3. The van der Waals surface area contributed by atoms with Crippen LogP contribution in [0.1, 0.15) is 19.3 Å². The van der Waals surface area contributed by atoms with Crippen LogP contribution in [0.4, 0.5) is 11.4 Å². The maximum absolute atomic E-state index is 12.5. The first-order chi connectivity index (χ1) is 11.6. The fourth-order valence-corrected chi connectivity index (χ4v) is 4.09. The number of piperidine rings is 1. The first-order valence-corrected chi connectivity index (χ1v) is 8.77. The Hall–Kier alpha value is -2.08. The average molecular weight is 328 g/mol. The third-order valence-electron chi connectivity index (χ3n) is 5.51. The normalized spacial score (nSPS) is 27.4. The van der Waals surface area contributed by atoms with Crippen LogP contribution in [0.5, 0.6) is 0 Å². The van der Waals surface area contributed by atoms with Crippen LogP contribution in [0.25, 0.3) is 0 Å². The number of hydrogen-bond acceptors (Lipinski definition) is 4. The van der Waals surface area contributed by atoms with Crippen LogP contribution in [0, 0.1) is 5.92 Å². The minimum Gasteiger partial charge on any atom is -0.356 e. The van der Waals surface area contributed by atoms with Crippen molar-refractivity contribution in [2.75, 3.05) is 36.9 Å². The van der Waals surface area contributed by atoms with Gasteiger partial charge in [0.25, 0.3) is 0 Å². The molecule has 1 aromatic rings. The molecule has 2 saturated heterocycles. The first-order valence-electron chi connectivity index (χ1n) is 8.77. The van der Waals surface area contributed by atoms with E-state index in [0.29, 0.717) is 13.0 Å². The molecule has 3 aliphatic rings. The van der Waals surface area contributed by atoms with Crippen LogP contribution in [-0.4, -0.2) is 55.5 Å². The molecule has 3 aliphatic heterocycles. The maximum Gasteiger partial charge on any atom is 0.247 e. The van der Waals surface area contributed by atoms with E-state index in [1.54, 1.807) is 0 Å². The summed E-state index contributed by atoms with van der Waals surface area (Å²) in [6.45, 7) is 2.66. The van der Waals surface area contributed by atoms with Gasteiger partial charge in [-0.05, 0) is 51.5 Å². The quantitative estimate of drug-likeness (QED) is 0.852. The number of benzene rings is 1. The first kappa shape index (κ1) is 15.4. The van der Waals surface area contributed by atoms with Crippen LogP contribution in [0.3, 0.4) is 0 Å². The van der Waals surface area contributed by atoms with E-state index in [9.17, 15) is 9.59 Å². The zero-order valence-electron chi connectivity index (χ0n) is 14.0. The van der Waals surface area contributed by atoms with E-state index in [-0.39, 0.29) is 29.8 Å². The molecule has 0 spiro atoms. The van der Waals surface area contributed by atoms with Crippen molar-refractivity contribution in [1.82, 2.24) is 10.2 Å². The molecule has 0 bridgehead atoms. The second-order valence-corrected chi connectivity index (χ2v) is 7.19. The van der Waals surface area contributed by atoms with Gasteiger partial charge in [0.05, 0.1) is 11.4 Å². The molecule has 6 heteroatoms. The Labute approximate surface area is 142 Å². The predicted molar refractivity (Wildman–Crippen MR) is 93.0 cm³/mol. The molecule has 2 N–H and O–H groups in total. The molecule has 2 fully saturated rings. The van der Waals surface area contributed by atoms with Crippen molar-refractivity contribution in [3.8, 4) is 0 Å². The van der Waals surface area contributed by atoms with E-state index in [1.807, 2.05) is 24.3 Å². The Morgan fingerprint density at radius 2 is 2.00 bits per heavy atom. The fraction of sp³-hybridized carbons (Fsp3) is 0.556. The van der Waals surface area contributed by atoms with E-state index >= 15 is 0 Å². The minimum absolute atomic E-state index is 0.0322. The molecule has 2 unspecified atom stereocenters. The smallest absolute Gasteiger partial charge is 0.247 e. The van der Waals surface area contributed by atoms with Crippen molar-refractivity contribution in [2.45, 2.75) is 31.3 Å². The number of anilines is 2. The molecule has 4 rings (SSSR count). The van der Waals surface area contributed by atoms with Crippen molar-refractivity contribution < 1.29 is 9.59 Å². The highest BCUT2D eigenvalue weighted by Crippen LogP contribution is 2.36. The summed E-state index contributed by atoms with van der Waals surface area (Å²) in [5.74, 6) is 0.298. The van der Waals surface area contributed by atoms with Gasteiger partial charge in [0.2, 0.25) is 11.8 Å². The summed E-state index contributed by atoms with van der Waals surface area (Å²) < 4.78 is 0. The van der Waals surface area contributed by atoms with Gasteiger partial charge in [-0.25, -0.2) is 0 Å². The SMILES string of the molecule is CN1CCC(C(=O)NC2CC3C(=O)Nc4ccccc4N3C2)CC1. The number of amides is 2. The lowest BCUT2D eigenvalue weighted by Crippen LogP contribution is -2.44. The number of nitrogens with one attached hydrogen (secondary N) is 2. The highest BCUT2D eigenvalue weighted by Gasteiger charge is 2.41. The van der Waals surface area contributed by atoms with Crippen molar-refractivity contribution in [3.05, 3.63) is 24.3 Å². The van der Waals surface area contributed by atoms with Crippen LogP contribution in [0.2, 0.25) is 0 Å². The molecular formula is C18H24N4O2. The number of nitrogens with zero attached hydrogens (tertiary/aromatic N) is 2.